The van der Waals surface area contributed by atoms with E-state index in [-0.39, 0.29) is 6.10 Å². The van der Waals surface area contributed by atoms with Gasteiger partial charge in [-0.15, -0.1) is 0 Å². The number of aliphatic hydroxyl groups excluding tert-OH is 1. The van der Waals surface area contributed by atoms with E-state index in [9.17, 15) is 5.11 Å². The Labute approximate surface area is 147 Å². The first kappa shape index (κ1) is 15.9. The van der Waals surface area contributed by atoms with Crippen molar-refractivity contribution in [2.45, 2.75) is 96.2 Å². The van der Waals surface area contributed by atoms with Gasteiger partial charge in [-0.2, -0.15) is 0 Å². The normalized spacial score (nSPS) is 53.8. The average molecular weight is 330 g/mol. The highest BCUT2D eigenvalue weighted by molar-refractivity contribution is 5.25. The molecular weight excluding hydrogens is 294 g/mol. The van der Waals surface area contributed by atoms with Crippen LogP contribution in [-0.4, -0.2) is 23.3 Å². The van der Waals surface area contributed by atoms with Crippen LogP contribution in [0.5, 0.6) is 0 Å². The summed E-state index contributed by atoms with van der Waals surface area (Å²) in [6, 6.07) is 1.63. The Hall–Kier alpha value is -0.340. The van der Waals surface area contributed by atoms with Crippen molar-refractivity contribution in [1.82, 2.24) is 5.32 Å². The summed E-state index contributed by atoms with van der Waals surface area (Å²) in [6.07, 6.45) is 15.5. The Morgan fingerprint density at radius 2 is 1.83 bits per heavy atom. The van der Waals surface area contributed by atoms with Gasteiger partial charge in [-0.3, -0.25) is 0 Å². The third kappa shape index (κ3) is 2.21. The second-order valence-corrected chi connectivity index (χ2v) is 10.3. The third-order valence-electron chi connectivity index (χ3n) is 9.09. The first-order valence-electron chi connectivity index (χ1n) is 10.6. The molecule has 0 radical (unpaired) electrons. The average Bonchev–Trinajstić information content (AvgIpc) is 3.31. The molecule has 0 unspecified atom stereocenters. The fourth-order valence-electron chi connectivity index (χ4n) is 7.45. The van der Waals surface area contributed by atoms with Crippen LogP contribution in [0.2, 0.25) is 0 Å². The molecule has 7 atom stereocenters. The van der Waals surface area contributed by atoms with Crippen LogP contribution in [0.25, 0.3) is 0 Å². The lowest BCUT2D eigenvalue weighted by atomic mass is 9.48. The van der Waals surface area contributed by atoms with Crippen LogP contribution in [0.4, 0.5) is 0 Å². The largest absolute Gasteiger partial charge is 0.393 e. The second kappa shape index (κ2) is 5.33. The van der Waals surface area contributed by atoms with Gasteiger partial charge in [0, 0.05) is 12.1 Å². The predicted molar refractivity (Wildman–Crippen MR) is 97.7 cm³/mol. The van der Waals surface area contributed by atoms with E-state index in [1.54, 1.807) is 5.57 Å². The zero-order chi connectivity index (χ0) is 16.5. The molecule has 0 heterocycles. The number of nitrogens with one attached hydrogen (secondary N) is 1. The summed E-state index contributed by atoms with van der Waals surface area (Å²) < 4.78 is 0. The predicted octanol–water partition coefficient (Wildman–Crippen LogP) is 4.43. The Balaban J connectivity index is 1.42. The van der Waals surface area contributed by atoms with E-state index in [0.29, 0.717) is 10.8 Å². The molecule has 0 spiro atoms. The van der Waals surface area contributed by atoms with Gasteiger partial charge in [0.15, 0.2) is 0 Å². The monoisotopic (exact) mass is 329 g/mol. The van der Waals surface area contributed by atoms with Crippen LogP contribution in [-0.2, 0) is 0 Å². The number of aliphatic hydroxyl groups is 1. The SMILES string of the molecule is C[C@]12CC[C@H]3[C@@H](CC=C4C[C@@H](O)CC[C@@]43C)[C@@H]1CC[C@@H]2NC1CC1. The molecule has 0 aromatic heterocycles. The summed E-state index contributed by atoms with van der Waals surface area (Å²) in [5.41, 5.74) is 2.54. The number of fused-ring (bicyclic) bond motifs is 5. The number of hydrogen-bond donors (Lipinski definition) is 2. The third-order valence-corrected chi connectivity index (χ3v) is 9.09. The Bertz CT molecular complexity index is 552. The van der Waals surface area contributed by atoms with Gasteiger partial charge < -0.3 is 10.4 Å². The van der Waals surface area contributed by atoms with E-state index >= 15 is 0 Å². The van der Waals surface area contributed by atoms with Crippen LogP contribution in [0.1, 0.15) is 78.1 Å². The molecule has 4 fully saturated rings. The van der Waals surface area contributed by atoms with Gasteiger partial charge >= 0.3 is 0 Å². The molecule has 2 heteroatoms. The molecule has 4 saturated carbocycles. The molecule has 0 aromatic carbocycles. The van der Waals surface area contributed by atoms with Gasteiger partial charge in [-0.25, -0.2) is 0 Å². The van der Waals surface area contributed by atoms with E-state index in [4.69, 9.17) is 0 Å². The van der Waals surface area contributed by atoms with Gasteiger partial charge in [0.1, 0.15) is 0 Å². The maximum atomic E-state index is 10.1. The summed E-state index contributed by atoms with van der Waals surface area (Å²) in [6.45, 7) is 5.16. The molecule has 0 bridgehead atoms. The lowest BCUT2D eigenvalue weighted by Crippen LogP contribution is -2.53. The highest BCUT2D eigenvalue weighted by atomic mass is 16.3. The Morgan fingerprint density at radius 3 is 2.62 bits per heavy atom. The second-order valence-electron chi connectivity index (χ2n) is 10.3. The minimum absolute atomic E-state index is 0.0756. The molecule has 2 nitrogen and oxygen atoms in total. The van der Waals surface area contributed by atoms with E-state index < -0.39 is 0 Å². The van der Waals surface area contributed by atoms with E-state index in [0.717, 1.165) is 42.7 Å². The Kier molecular flexibility index (Phi) is 3.53. The lowest BCUT2D eigenvalue weighted by Gasteiger charge is -2.58. The molecule has 0 aromatic rings. The zero-order valence-electron chi connectivity index (χ0n) is 15.6. The quantitative estimate of drug-likeness (QED) is 0.735. The van der Waals surface area contributed by atoms with Crippen LogP contribution < -0.4 is 5.32 Å². The maximum Gasteiger partial charge on any atom is 0.0577 e. The van der Waals surface area contributed by atoms with Gasteiger partial charge in [0.2, 0.25) is 0 Å². The zero-order valence-corrected chi connectivity index (χ0v) is 15.6. The van der Waals surface area contributed by atoms with Crippen molar-refractivity contribution in [2.24, 2.45) is 28.6 Å². The van der Waals surface area contributed by atoms with Crippen LogP contribution in [0, 0.1) is 28.6 Å². The highest BCUT2D eigenvalue weighted by Gasteiger charge is 2.58. The molecular formula is C22H35NO. The van der Waals surface area contributed by atoms with Crippen molar-refractivity contribution in [3.05, 3.63) is 11.6 Å². The molecule has 0 saturated heterocycles. The maximum absolute atomic E-state index is 10.1. The Morgan fingerprint density at radius 1 is 1.00 bits per heavy atom. The minimum Gasteiger partial charge on any atom is -0.393 e. The molecule has 5 aliphatic carbocycles. The van der Waals surface area contributed by atoms with Crippen molar-refractivity contribution in [1.29, 1.82) is 0 Å². The van der Waals surface area contributed by atoms with Crippen LogP contribution in [0.3, 0.4) is 0 Å². The van der Waals surface area contributed by atoms with Gasteiger partial charge in [0.25, 0.3) is 0 Å². The first-order chi connectivity index (χ1) is 11.5. The van der Waals surface area contributed by atoms with Crippen molar-refractivity contribution in [2.75, 3.05) is 0 Å². The lowest BCUT2D eigenvalue weighted by molar-refractivity contribution is -0.0435. The highest BCUT2D eigenvalue weighted by Crippen LogP contribution is 2.64. The van der Waals surface area contributed by atoms with E-state index in [1.807, 2.05) is 0 Å². The van der Waals surface area contributed by atoms with Crippen molar-refractivity contribution in [3.8, 4) is 0 Å². The summed E-state index contributed by atoms with van der Waals surface area (Å²) in [4.78, 5) is 0. The van der Waals surface area contributed by atoms with E-state index in [2.05, 4.69) is 25.2 Å². The molecule has 2 N–H and O–H groups in total. The van der Waals surface area contributed by atoms with Gasteiger partial charge in [-0.1, -0.05) is 25.5 Å². The van der Waals surface area contributed by atoms with Crippen LogP contribution in [0.15, 0.2) is 11.6 Å². The molecule has 0 amide bonds. The number of rotatable bonds is 2. The van der Waals surface area contributed by atoms with Crippen molar-refractivity contribution >= 4 is 0 Å². The summed E-state index contributed by atoms with van der Waals surface area (Å²) in [5.74, 6) is 2.70. The molecule has 24 heavy (non-hydrogen) atoms. The first-order valence-corrected chi connectivity index (χ1v) is 10.6. The molecule has 134 valence electrons. The fraction of sp³-hybridized carbons (Fsp3) is 0.909. The summed E-state index contributed by atoms with van der Waals surface area (Å²) in [7, 11) is 0. The minimum atomic E-state index is -0.0756. The van der Waals surface area contributed by atoms with Crippen molar-refractivity contribution < 1.29 is 5.11 Å². The van der Waals surface area contributed by atoms with Gasteiger partial charge in [0.05, 0.1) is 6.10 Å². The summed E-state index contributed by atoms with van der Waals surface area (Å²) >= 11 is 0. The fourth-order valence-corrected chi connectivity index (χ4v) is 7.45. The molecule has 5 aliphatic rings. The number of hydrogen-bond acceptors (Lipinski definition) is 2. The van der Waals surface area contributed by atoms with E-state index in [1.165, 1.54) is 51.4 Å². The topological polar surface area (TPSA) is 32.3 Å². The summed E-state index contributed by atoms with van der Waals surface area (Å²) in [5, 5.41) is 14.1. The van der Waals surface area contributed by atoms with Crippen molar-refractivity contribution in [3.63, 3.8) is 0 Å². The van der Waals surface area contributed by atoms with Gasteiger partial charge in [-0.05, 0) is 92.8 Å². The molecule has 5 rings (SSSR count). The molecule has 0 aliphatic heterocycles. The van der Waals surface area contributed by atoms with Crippen LogP contribution >= 0.6 is 0 Å². The standard InChI is InChI=1S/C22H35NO/c1-21-11-9-16(24)13-14(21)3-6-17-18-7-8-20(23-15-4-5-15)22(18,2)12-10-19(17)21/h3,15-20,23-24H,4-13H2,1-2H3/t16-,17-,18-,19-,20-,21-,22-/m0/s1. The smallest absolute Gasteiger partial charge is 0.0577 e. The number of allylic oxidation sites excluding steroid dienone is 1.